The van der Waals surface area contributed by atoms with Gasteiger partial charge >= 0.3 is 6.09 Å². The Morgan fingerprint density at radius 3 is 1.98 bits per heavy atom. The summed E-state index contributed by atoms with van der Waals surface area (Å²) < 4.78 is 11.4. The number of nitrogens with one attached hydrogen (secondary N) is 2. The van der Waals surface area contributed by atoms with Crippen molar-refractivity contribution in [2.75, 3.05) is 39.3 Å². The summed E-state index contributed by atoms with van der Waals surface area (Å²) in [5.74, 6) is 0.175. The third kappa shape index (κ3) is 12.1. The largest absolute Gasteiger partial charge is 0.487 e. The van der Waals surface area contributed by atoms with Crippen LogP contribution in [-0.4, -0.2) is 62.5 Å². The molecule has 23 nitrogen and oxygen atoms in total. The first-order valence-electron chi connectivity index (χ1n) is 13.5. The molecular formula is C24H29N19O4. The van der Waals surface area contributed by atoms with Gasteiger partial charge in [-0.25, -0.2) is 4.79 Å². The maximum atomic E-state index is 13.2. The van der Waals surface area contributed by atoms with Crippen LogP contribution in [0.1, 0.15) is 12.0 Å². The molecule has 0 saturated carbocycles. The molecule has 0 saturated heterocycles. The Kier molecular flexibility index (Phi) is 15.3. The molecule has 0 radical (unpaired) electrons. The predicted octanol–water partition coefficient (Wildman–Crippen LogP) is 5.70. The average molecular weight is 648 g/mol. The number of azide groups is 5. The van der Waals surface area contributed by atoms with Crippen molar-refractivity contribution < 1.29 is 14.3 Å². The van der Waals surface area contributed by atoms with Gasteiger partial charge in [0.1, 0.15) is 23.5 Å². The lowest BCUT2D eigenvalue weighted by Gasteiger charge is -2.30. The summed E-state index contributed by atoms with van der Waals surface area (Å²) in [5.41, 5.74) is 48.2. The minimum atomic E-state index is -1.81. The van der Waals surface area contributed by atoms with Gasteiger partial charge in [0, 0.05) is 37.3 Å². The van der Waals surface area contributed by atoms with Crippen molar-refractivity contribution in [3.63, 3.8) is 0 Å². The third-order valence-corrected chi connectivity index (χ3v) is 6.40. The van der Waals surface area contributed by atoms with E-state index in [1.54, 1.807) is 0 Å². The van der Waals surface area contributed by atoms with Crippen molar-refractivity contribution in [3.05, 3.63) is 128 Å². The Bertz CT molecular complexity index is 1520. The van der Waals surface area contributed by atoms with Gasteiger partial charge in [0.15, 0.2) is 0 Å². The molecule has 1 unspecified atom stereocenters. The van der Waals surface area contributed by atoms with Gasteiger partial charge in [0.05, 0.1) is 44.5 Å². The molecule has 1 atom stereocenters. The Balaban J connectivity index is 2.36. The molecule has 0 aliphatic heterocycles. The van der Waals surface area contributed by atoms with Crippen LogP contribution in [0.4, 0.5) is 4.79 Å². The number of nitrogens with zero attached hydrogens (tertiary/aromatic N) is 16. The Hall–Kier alpha value is -6.58. The van der Waals surface area contributed by atoms with Crippen molar-refractivity contribution in [3.8, 4) is 0 Å². The first kappa shape index (κ1) is 36.6. The van der Waals surface area contributed by atoms with E-state index in [0.29, 0.717) is 5.57 Å². The average Bonchev–Trinajstić information content (AvgIpc) is 3.09. The lowest BCUT2D eigenvalue weighted by Crippen LogP contribution is -2.47. The minimum absolute atomic E-state index is 0.0274. The molecule has 244 valence electrons. The van der Waals surface area contributed by atoms with Gasteiger partial charge in [0.2, 0.25) is 0 Å². The molecule has 0 bridgehead atoms. The van der Waals surface area contributed by atoms with Crippen LogP contribution < -0.4 is 16.4 Å². The fourth-order valence-electron chi connectivity index (χ4n) is 3.97. The highest BCUT2D eigenvalue weighted by Crippen LogP contribution is 2.24. The SMILES string of the molecule is [N-]=[N+]=NCC(CCN/C=C1/C=C(NC(=O)OC(CN=[N+]=[N-])(CN=[N+]=[N-])CN=[N+]=[N-])C(OCc2ccccc2)=CC1N)(CN=[N+]=[N-])N=O. The third-order valence-electron chi connectivity index (χ3n) is 6.40. The second-order valence-corrected chi connectivity index (χ2v) is 9.70. The normalized spacial score (nSPS) is 16.6. The molecule has 0 aromatic heterocycles. The highest BCUT2D eigenvalue weighted by molar-refractivity contribution is 5.72. The summed E-state index contributed by atoms with van der Waals surface area (Å²) in [6, 6.07) is 8.40. The van der Waals surface area contributed by atoms with Crippen LogP contribution in [0.3, 0.4) is 0 Å². The number of hydrogen-bond donors (Lipinski definition) is 3. The number of carbonyl (C=O) groups is 1. The van der Waals surface area contributed by atoms with E-state index in [4.69, 9.17) is 42.9 Å². The lowest BCUT2D eigenvalue weighted by molar-refractivity contribution is 0.0318. The maximum absolute atomic E-state index is 13.2. The van der Waals surface area contributed by atoms with Crippen LogP contribution >= 0.6 is 0 Å². The summed E-state index contributed by atoms with van der Waals surface area (Å²) in [7, 11) is 0. The van der Waals surface area contributed by atoms with Crippen LogP contribution in [0.15, 0.2) is 96.5 Å². The van der Waals surface area contributed by atoms with Crippen LogP contribution in [-0.2, 0) is 16.1 Å². The van der Waals surface area contributed by atoms with Crippen molar-refractivity contribution in [1.82, 2.24) is 10.6 Å². The molecule has 1 amide bonds. The molecule has 0 fully saturated rings. The molecule has 1 aliphatic rings. The van der Waals surface area contributed by atoms with E-state index in [2.05, 4.69) is 65.9 Å². The van der Waals surface area contributed by atoms with Gasteiger partial charge in [-0.15, -0.1) is 0 Å². The molecule has 1 aliphatic carbocycles. The van der Waals surface area contributed by atoms with Gasteiger partial charge < -0.3 is 20.5 Å². The van der Waals surface area contributed by atoms with E-state index in [1.807, 2.05) is 30.3 Å². The van der Waals surface area contributed by atoms with E-state index in [0.717, 1.165) is 5.56 Å². The maximum Gasteiger partial charge on any atom is 0.412 e. The quantitative estimate of drug-likeness (QED) is 0.0523. The fourth-order valence-corrected chi connectivity index (χ4v) is 3.97. The molecule has 1 aromatic carbocycles. The van der Waals surface area contributed by atoms with Gasteiger partial charge in [-0.3, -0.25) is 5.32 Å². The summed E-state index contributed by atoms with van der Waals surface area (Å²) in [6.45, 7) is -1.98. The molecular weight excluding hydrogens is 618 g/mol. The number of hydrogen-bond acceptors (Lipinski definition) is 12. The molecule has 2 rings (SSSR count). The minimum Gasteiger partial charge on any atom is -0.487 e. The Labute approximate surface area is 265 Å². The fraction of sp³-hybridized carbons (Fsp3) is 0.458. The van der Waals surface area contributed by atoms with Crippen LogP contribution in [0.25, 0.3) is 52.2 Å². The number of nitrogens with two attached hydrogens (primary N) is 1. The zero-order valence-corrected chi connectivity index (χ0v) is 24.7. The number of nitroso groups, excluding NO2 is 1. The Morgan fingerprint density at radius 2 is 1.45 bits per heavy atom. The van der Waals surface area contributed by atoms with Gasteiger partial charge in [-0.1, -0.05) is 61.1 Å². The first-order valence-corrected chi connectivity index (χ1v) is 13.5. The number of benzene rings is 1. The van der Waals surface area contributed by atoms with Crippen LogP contribution in [0, 0.1) is 4.91 Å². The van der Waals surface area contributed by atoms with Crippen molar-refractivity contribution in [2.24, 2.45) is 36.5 Å². The monoisotopic (exact) mass is 647 g/mol. The molecule has 0 spiro atoms. The van der Waals surface area contributed by atoms with Crippen LogP contribution in [0.2, 0.25) is 0 Å². The summed E-state index contributed by atoms with van der Waals surface area (Å²) in [4.78, 5) is 37.9. The van der Waals surface area contributed by atoms with Crippen molar-refractivity contribution in [1.29, 1.82) is 0 Å². The van der Waals surface area contributed by atoms with Gasteiger partial charge in [-0.05, 0) is 57.4 Å². The molecule has 23 heteroatoms. The van der Waals surface area contributed by atoms with E-state index >= 15 is 0 Å². The van der Waals surface area contributed by atoms with Crippen molar-refractivity contribution >= 4 is 6.09 Å². The van der Waals surface area contributed by atoms with Crippen molar-refractivity contribution in [2.45, 2.75) is 30.2 Å². The van der Waals surface area contributed by atoms with Gasteiger partial charge in [0.25, 0.3) is 0 Å². The van der Waals surface area contributed by atoms with E-state index in [9.17, 15) is 9.70 Å². The number of rotatable bonds is 20. The highest BCUT2D eigenvalue weighted by atomic mass is 16.6. The number of alkyl carbamates (subject to hydrolysis) is 1. The number of ether oxygens (including phenoxy) is 2. The first-order chi connectivity index (χ1) is 22.8. The van der Waals surface area contributed by atoms with Gasteiger partial charge in [-0.2, -0.15) is 4.91 Å². The standard InChI is InChI=1S/C24H29N19O4/c25-19-9-21(46-11-17-4-2-1-3-5-17)20(37-22(44)47-24(14-34-41-28,15-35-42-29)16-36-43-30)8-18(19)10-31-7-6-23(38-45,12-32-39-26)13-33-40-27/h1-5,8-10,19,31H,6-7,11-16,25H2,(H,37,44)/b18-10-. The summed E-state index contributed by atoms with van der Waals surface area (Å²) >= 11 is 0. The topological polar surface area (TPSA) is 359 Å². The summed E-state index contributed by atoms with van der Waals surface area (Å²) in [5, 5.41) is 25.5. The van der Waals surface area contributed by atoms with Crippen LogP contribution in [0.5, 0.6) is 0 Å². The smallest absolute Gasteiger partial charge is 0.412 e. The highest BCUT2D eigenvalue weighted by Gasteiger charge is 2.34. The van der Waals surface area contributed by atoms with E-state index in [1.165, 1.54) is 18.4 Å². The zero-order valence-electron chi connectivity index (χ0n) is 24.7. The number of carbonyl (C=O) groups excluding carboxylic acids is 1. The molecule has 0 heterocycles. The van der Waals surface area contributed by atoms with E-state index in [-0.39, 0.29) is 44.1 Å². The number of amides is 1. The Morgan fingerprint density at radius 1 is 0.894 bits per heavy atom. The second kappa shape index (κ2) is 19.6. The molecule has 47 heavy (non-hydrogen) atoms. The summed E-state index contributed by atoms with van der Waals surface area (Å²) in [6.07, 6.45) is 3.45. The molecule has 4 N–H and O–H groups in total. The lowest BCUT2D eigenvalue weighted by atomic mass is 9.96. The van der Waals surface area contributed by atoms with E-state index < -0.39 is 42.9 Å². The predicted molar refractivity (Wildman–Crippen MR) is 167 cm³/mol. The molecule has 1 aromatic rings. The zero-order chi connectivity index (χ0) is 34.4. The second-order valence-electron chi connectivity index (χ2n) is 9.70.